The van der Waals surface area contributed by atoms with Gasteiger partial charge in [0.05, 0.1) is 11.4 Å². The molecular weight excluding hydrogens is 364 g/mol. The van der Waals surface area contributed by atoms with Crippen LogP contribution in [0.5, 0.6) is 5.75 Å². The van der Waals surface area contributed by atoms with E-state index in [0.717, 1.165) is 11.1 Å². The van der Waals surface area contributed by atoms with Crippen molar-refractivity contribution in [2.45, 2.75) is 0 Å². The molecule has 1 aromatic heterocycles. The van der Waals surface area contributed by atoms with E-state index in [-0.39, 0.29) is 17.2 Å². The monoisotopic (exact) mass is 382 g/mol. The number of phenolic OH excluding ortho intramolecular Hbond substituents is 1. The van der Waals surface area contributed by atoms with E-state index in [1.165, 1.54) is 10.6 Å². The highest BCUT2D eigenvalue weighted by atomic mass is 16.3. The minimum atomic E-state index is -0.308. The summed E-state index contributed by atoms with van der Waals surface area (Å²) in [5, 5.41) is 9.43. The molecule has 5 nitrogen and oxygen atoms in total. The third kappa shape index (κ3) is 4.09. The highest BCUT2D eigenvalue weighted by molar-refractivity contribution is 6.07. The number of aromatic amines is 1. The number of phenols is 1. The normalized spacial score (nSPS) is 11.0. The first kappa shape index (κ1) is 18.3. The first-order chi connectivity index (χ1) is 14.1. The molecule has 142 valence electrons. The van der Waals surface area contributed by atoms with Crippen LogP contribution >= 0.6 is 0 Å². The fourth-order valence-electron chi connectivity index (χ4n) is 3.02. The van der Waals surface area contributed by atoms with Crippen LogP contribution in [0.1, 0.15) is 15.9 Å². The quantitative estimate of drug-likeness (QED) is 0.396. The first-order valence-corrected chi connectivity index (χ1v) is 9.09. The van der Waals surface area contributed by atoms with Crippen molar-refractivity contribution >= 4 is 11.9 Å². The van der Waals surface area contributed by atoms with Gasteiger partial charge in [0, 0.05) is 11.8 Å². The Morgan fingerprint density at radius 2 is 1.69 bits per heavy atom. The van der Waals surface area contributed by atoms with E-state index in [4.69, 9.17) is 0 Å². The van der Waals surface area contributed by atoms with Gasteiger partial charge in [0.25, 0.3) is 0 Å². The number of rotatable bonds is 5. The molecule has 0 fully saturated rings. The predicted octanol–water partition coefficient (Wildman–Crippen LogP) is 4.43. The molecule has 4 rings (SSSR count). The van der Waals surface area contributed by atoms with Gasteiger partial charge in [-0.15, -0.1) is 0 Å². The summed E-state index contributed by atoms with van der Waals surface area (Å²) in [6.45, 7) is 0. The molecule has 0 bridgehead atoms. The molecule has 0 amide bonds. The molecule has 0 aliphatic rings. The van der Waals surface area contributed by atoms with Crippen LogP contribution in [0.3, 0.4) is 0 Å². The maximum Gasteiger partial charge on any atom is 0.330 e. The van der Waals surface area contributed by atoms with E-state index in [1.807, 2.05) is 30.3 Å². The number of ketones is 1. The maximum atomic E-state index is 12.5. The zero-order valence-corrected chi connectivity index (χ0v) is 15.4. The highest BCUT2D eigenvalue weighted by Gasteiger charge is 2.09. The summed E-state index contributed by atoms with van der Waals surface area (Å²) in [4.78, 5) is 27.8. The second-order valence-electron chi connectivity index (χ2n) is 6.55. The van der Waals surface area contributed by atoms with Gasteiger partial charge >= 0.3 is 5.69 Å². The third-order valence-corrected chi connectivity index (χ3v) is 4.53. The number of aromatic nitrogens is 2. The molecule has 4 aromatic rings. The standard InChI is InChI=1S/C24H18N2O3/c27-21-12-10-18(11-13-21)22-16-26(24(29)25-22)20-8-4-7-19(15-20)23(28)14-9-17-5-2-1-3-6-17/h1-16,27H,(H,25,29). The van der Waals surface area contributed by atoms with E-state index in [0.29, 0.717) is 16.9 Å². The number of carbonyl (C=O) groups is 1. The second kappa shape index (κ2) is 7.86. The van der Waals surface area contributed by atoms with Crippen LogP contribution in [0.4, 0.5) is 0 Å². The summed E-state index contributed by atoms with van der Waals surface area (Å²) in [6, 6.07) is 23.1. The molecule has 0 aliphatic carbocycles. The summed E-state index contributed by atoms with van der Waals surface area (Å²) in [6.07, 6.45) is 4.97. The van der Waals surface area contributed by atoms with E-state index >= 15 is 0 Å². The van der Waals surface area contributed by atoms with E-state index in [2.05, 4.69) is 4.98 Å². The SMILES string of the molecule is O=C(C=Cc1ccccc1)c1cccc(-n2cc(-c3ccc(O)cc3)[nH]c2=O)c1. The number of benzene rings is 3. The Kier molecular flexibility index (Phi) is 4.95. The van der Waals surface area contributed by atoms with Gasteiger partial charge < -0.3 is 10.1 Å². The number of H-pyrrole nitrogens is 1. The summed E-state index contributed by atoms with van der Waals surface area (Å²) in [5.41, 5.74) is 3.12. The van der Waals surface area contributed by atoms with Crippen LogP contribution in [-0.2, 0) is 0 Å². The van der Waals surface area contributed by atoms with Crippen molar-refractivity contribution < 1.29 is 9.90 Å². The fraction of sp³-hybridized carbons (Fsp3) is 0. The van der Waals surface area contributed by atoms with Crippen LogP contribution in [0.15, 0.2) is 95.9 Å². The molecule has 0 radical (unpaired) electrons. The number of imidazole rings is 1. The largest absolute Gasteiger partial charge is 0.508 e. The summed E-state index contributed by atoms with van der Waals surface area (Å²) in [5.74, 6) is 0.0170. The van der Waals surface area contributed by atoms with Gasteiger partial charge in [-0.05, 0) is 53.6 Å². The second-order valence-corrected chi connectivity index (χ2v) is 6.55. The smallest absolute Gasteiger partial charge is 0.330 e. The summed E-state index contributed by atoms with van der Waals surface area (Å²) >= 11 is 0. The number of nitrogens with one attached hydrogen (secondary N) is 1. The predicted molar refractivity (Wildman–Crippen MR) is 113 cm³/mol. The van der Waals surface area contributed by atoms with Crippen LogP contribution in [0, 0.1) is 0 Å². The molecule has 5 heteroatoms. The molecule has 0 aliphatic heterocycles. The fourth-order valence-corrected chi connectivity index (χ4v) is 3.02. The Morgan fingerprint density at radius 1 is 0.931 bits per heavy atom. The molecule has 0 saturated carbocycles. The van der Waals surface area contributed by atoms with Gasteiger partial charge in [-0.3, -0.25) is 9.36 Å². The Bertz CT molecular complexity index is 1230. The van der Waals surface area contributed by atoms with Crippen molar-refractivity contribution in [3.05, 3.63) is 113 Å². The van der Waals surface area contributed by atoms with Gasteiger partial charge in [0.15, 0.2) is 5.78 Å². The molecule has 1 heterocycles. The van der Waals surface area contributed by atoms with Crippen LogP contribution < -0.4 is 5.69 Å². The van der Waals surface area contributed by atoms with Crippen molar-refractivity contribution in [2.24, 2.45) is 0 Å². The zero-order valence-electron chi connectivity index (χ0n) is 15.4. The molecule has 29 heavy (non-hydrogen) atoms. The van der Waals surface area contributed by atoms with Crippen molar-refractivity contribution in [3.8, 4) is 22.7 Å². The molecule has 3 aromatic carbocycles. The number of allylic oxidation sites excluding steroid dienone is 1. The number of nitrogens with zero attached hydrogens (tertiary/aromatic N) is 1. The Labute approximate surface area is 167 Å². The lowest BCUT2D eigenvalue weighted by atomic mass is 10.1. The maximum absolute atomic E-state index is 12.5. The minimum Gasteiger partial charge on any atom is -0.508 e. The lowest BCUT2D eigenvalue weighted by molar-refractivity contribution is 0.104. The van der Waals surface area contributed by atoms with Crippen molar-refractivity contribution in [3.63, 3.8) is 0 Å². The van der Waals surface area contributed by atoms with Gasteiger partial charge in [0.2, 0.25) is 0 Å². The molecule has 0 atom stereocenters. The molecule has 2 N–H and O–H groups in total. The lowest BCUT2D eigenvalue weighted by Gasteiger charge is -2.03. The van der Waals surface area contributed by atoms with E-state index in [9.17, 15) is 14.7 Å². The van der Waals surface area contributed by atoms with Gasteiger partial charge in [0.1, 0.15) is 5.75 Å². The van der Waals surface area contributed by atoms with Gasteiger partial charge in [-0.1, -0.05) is 48.5 Å². The van der Waals surface area contributed by atoms with Gasteiger partial charge in [-0.25, -0.2) is 4.79 Å². The highest BCUT2D eigenvalue weighted by Crippen LogP contribution is 2.20. The molecule has 0 unspecified atom stereocenters. The Balaban J connectivity index is 1.62. The molecular formula is C24H18N2O3. The van der Waals surface area contributed by atoms with Crippen LogP contribution in [0.25, 0.3) is 23.0 Å². The first-order valence-electron chi connectivity index (χ1n) is 9.09. The number of hydrogen-bond acceptors (Lipinski definition) is 3. The van der Waals surface area contributed by atoms with Crippen molar-refractivity contribution in [2.75, 3.05) is 0 Å². The van der Waals surface area contributed by atoms with Crippen LogP contribution in [0.2, 0.25) is 0 Å². The van der Waals surface area contributed by atoms with Crippen molar-refractivity contribution in [1.29, 1.82) is 0 Å². The Hall–Kier alpha value is -4.12. The lowest BCUT2D eigenvalue weighted by Crippen LogP contribution is -2.14. The Morgan fingerprint density at radius 3 is 2.45 bits per heavy atom. The molecule has 0 spiro atoms. The average Bonchev–Trinajstić information content (AvgIpc) is 3.15. The number of aromatic hydroxyl groups is 1. The number of hydrogen-bond donors (Lipinski definition) is 2. The average molecular weight is 382 g/mol. The van der Waals surface area contributed by atoms with Crippen molar-refractivity contribution in [1.82, 2.24) is 9.55 Å². The third-order valence-electron chi connectivity index (χ3n) is 4.53. The number of carbonyl (C=O) groups excluding carboxylic acids is 1. The summed E-state index contributed by atoms with van der Waals surface area (Å²) < 4.78 is 1.46. The van der Waals surface area contributed by atoms with E-state index < -0.39 is 0 Å². The van der Waals surface area contributed by atoms with Gasteiger partial charge in [-0.2, -0.15) is 0 Å². The molecule has 0 saturated heterocycles. The van der Waals surface area contributed by atoms with Crippen LogP contribution in [-0.4, -0.2) is 20.4 Å². The zero-order chi connectivity index (χ0) is 20.2. The minimum absolute atomic E-state index is 0.141. The summed E-state index contributed by atoms with van der Waals surface area (Å²) in [7, 11) is 0. The topological polar surface area (TPSA) is 75.1 Å². The van der Waals surface area contributed by atoms with E-state index in [1.54, 1.807) is 60.8 Å².